The van der Waals surface area contributed by atoms with Crippen LogP contribution in [0, 0.1) is 11.3 Å². The van der Waals surface area contributed by atoms with Crippen molar-refractivity contribution in [1.82, 2.24) is 0 Å². The summed E-state index contributed by atoms with van der Waals surface area (Å²) in [6.07, 6.45) is 2.28. The van der Waals surface area contributed by atoms with Crippen molar-refractivity contribution in [2.75, 3.05) is 7.11 Å². The molecule has 1 unspecified atom stereocenters. The van der Waals surface area contributed by atoms with Crippen molar-refractivity contribution in [2.45, 2.75) is 39.1 Å². The molecule has 1 rings (SSSR count). The second-order valence-corrected chi connectivity index (χ2v) is 3.92. The first-order valence-electron chi connectivity index (χ1n) is 5.89. The van der Waals surface area contributed by atoms with Crippen LogP contribution >= 0.6 is 0 Å². The molecular formula is C14H19NO2. The SMILES string of the molecule is CCCC(OC)OCc1ccc(CC#N)cc1. The van der Waals surface area contributed by atoms with E-state index in [-0.39, 0.29) is 6.29 Å². The molecule has 17 heavy (non-hydrogen) atoms. The molecule has 1 aromatic carbocycles. The first-order chi connectivity index (χ1) is 8.30. The predicted octanol–water partition coefficient (Wildman–Crippen LogP) is 3.04. The number of benzene rings is 1. The van der Waals surface area contributed by atoms with Gasteiger partial charge in [0.25, 0.3) is 0 Å². The van der Waals surface area contributed by atoms with Gasteiger partial charge in [-0.1, -0.05) is 37.6 Å². The molecule has 1 aromatic rings. The minimum absolute atomic E-state index is 0.126. The summed E-state index contributed by atoms with van der Waals surface area (Å²) in [7, 11) is 1.66. The van der Waals surface area contributed by atoms with Gasteiger partial charge in [0, 0.05) is 7.11 Å². The van der Waals surface area contributed by atoms with Crippen LogP contribution in [-0.2, 0) is 22.5 Å². The van der Waals surface area contributed by atoms with Gasteiger partial charge in [-0.2, -0.15) is 5.26 Å². The molecular weight excluding hydrogens is 214 g/mol. The number of nitrogens with zero attached hydrogens (tertiary/aromatic N) is 1. The van der Waals surface area contributed by atoms with E-state index >= 15 is 0 Å². The predicted molar refractivity (Wildman–Crippen MR) is 66.3 cm³/mol. The molecule has 0 spiro atoms. The quantitative estimate of drug-likeness (QED) is 0.680. The summed E-state index contributed by atoms with van der Waals surface area (Å²) in [6.45, 7) is 2.65. The van der Waals surface area contributed by atoms with E-state index in [1.54, 1.807) is 7.11 Å². The van der Waals surface area contributed by atoms with E-state index in [0.717, 1.165) is 24.0 Å². The Morgan fingerprint density at radius 2 is 1.88 bits per heavy atom. The zero-order valence-electron chi connectivity index (χ0n) is 10.5. The summed E-state index contributed by atoms with van der Waals surface area (Å²) in [4.78, 5) is 0. The van der Waals surface area contributed by atoms with E-state index in [9.17, 15) is 0 Å². The fraction of sp³-hybridized carbons (Fsp3) is 0.500. The van der Waals surface area contributed by atoms with Crippen molar-refractivity contribution in [2.24, 2.45) is 0 Å². The van der Waals surface area contributed by atoms with Crippen LogP contribution in [0.15, 0.2) is 24.3 Å². The Hall–Kier alpha value is -1.37. The molecule has 0 aromatic heterocycles. The second-order valence-electron chi connectivity index (χ2n) is 3.92. The molecule has 3 heteroatoms. The third kappa shape index (κ3) is 4.99. The first-order valence-corrected chi connectivity index (χ1v) is 5.89. The Morgan fingerprint density at radius 3 is 2.41 bits per heavy atom. The molecule has 1 atom stereocenters. The molecule has 0 amide bonds. The van der Waals surface area contributed by atoms with E-state index in [1.165, 1.54) is 0 Å². The van der Waals surface area contributed by atoms with Gasteiger partial charge in [-0.25, -0.2) is 0 Å². The van der Waals surface area contributed by atoms with Gasteiger partial charge in [0.15, 0.2) is 6.29 Å². The fourth-order valence-electron chi connectivity index (χ4n) is 1.54. The molecule has 0 saturated carbocycles. The third-order valence-corrected chi connectivity index (χ3v) is 2.53. The molecule has 0 bridgehead atoms. The van der Waals surface area contributed by atoms with Crippen LogP contribution in [0.4, 0.5) is 0 Å². The summed E-state index contributed by atoms with van der Waals surface area (Å²) in [5.41, 5.74) is 2.14. The standard InChI is InChI=1S/C14H19NO2/c1-3-4-14(16-2)17-11-13-7-5-12(6-8-13)9-10-15/h5-8,14H,3-4,9,11H2,1-2H3. The van der Waals surface area contributed by atoms with E-state index in [0.29, 0.717) is 13.0 Å². The summed E-state index contributed by atoms with van der Waals surface area (Å²) in [6, 6.07) is 10.0. The van der Waals surface area contributed by atoms with Crippen LogP contribution in [0.3, 0.4) is 0 Å². The third-order valence-electron chi connectivity index (χ3n) is 2.53. The lowest BCUT2D eigenvalue weighted by atomic mass is 10.1. The van der Waals surface area contributed by atoms with Crippen molar-refractivity contribution in [3.63, 3.8) is 0 Å². The summed E-state index contributed by atoms with van der Waals surface area (Å²) in [5, 5.41) is 8.56. The number of rotatable bonds is 7. The van der Waals surface area contributed by atoms with Gasteiger partial charge in [0.1, 0.15) is 0 Å². The number of ether oxygens (including phenoxy) is 2. The van der Waals surface area contributed by atoms with Crippen LogP contribution < -0.4 is 0 Å². The minimum Gasteiger partial charge on any atom is -0.356 e. The van der Waals surface area contributed by atoms with Gasteiger partial charge in [0.05, 0.1) is 19.1 Å². The average molecular weight is 233 g/mol. The smallest absolute Gasteiger partial charge is 0.157 e. The summed E-state index contributed by atoms with van der Waals surface area (Å²) in [5.74, 6) is 0. The van der Waals surface area contributed by atoms with Crippen LogP contribution in [-0.4, -0.2) is 13.4 Å². The maximum absolute atomic E-state index is 8.56. The highest BCUT2D eigenvalue weighted by Gasteiger charge is 2.05. The van der Waals surface area contributed by atoms with Crippen LogP contribution in [0.1, 0.15) is 30.9 Å². The van der Waals surface area contributed by atoms with Gasteiger partial charge in [0.2, 0.25) is 0 Å². The lowest BCUT2D eigenvalue weighted by Crippen LogP contribution is -2.14. The molecule has 0 aliphatic carbocycles. The zero-order chi connectivity index (χ0) is 12.5. The van der Waals surface area contributed by atoms with E-state index < -0.39 is 0 Å². The number of nitriles is 1. The lowest BCUT2D eigenvalue weighted by Gasteiger charge is -2.15. The molecule has 0 heterocycles. The largest absolute Gasteiger partial charge is 0.356 e. The minimum atomic E-state index is -0.126. The normalized spacial score (nSPS) is 12.1. The van der Waals surface area contributed by atoms with E-state index in [4.69, 9.17) is 14.7 Å². The van der Waals surface area contributed by atoms with E-state index in [2.05, 4.69) is 13.0 Å². The van der Waals surface area contributed by atoms with Gasteiger partial charge in [-0.3, -0.25) is 0 Å². The van der Waals surface area contributed by atoms with Crippen LogP contribution in [0.5, 0.6) is 0 Å². The fourth-order valence-corrected chi connectivity index (χ4v) is 1.54. The van der Waals surface area contributed by atoms with Gasteiger partial charge >= 0.3 is 0 Å². The van der Waals surface area contributed by atoms with Crippen molar-refractivity contribution in [1.29, 1.82) is 5.26 Å². The van der Waals surface area contributed by atoms with Crippen molar-refractivity contribution in [3.8, 4) is 6.07 Å². The summed E-state index contributed by atoms with van der Waals surface area (Å²) >= 11 is 0. The van der Waals surface area contributed by atoms with E-state index in [1.807, 2.05) is 24.3 Å². The Bertz CT molecular complexity index is 353. The van der Waals surface area contributed by atoms with Crippen LogP contribution in [0.2, 0.25) is 0 Å². The van der Waals surface area contributed by atoms with Gasteiger partial charge in [-0.05, 0) is 17.5 Å². The molecule has 0 radical (unpaired) electrons. The molecule has 0 N–H and O–H groups in total. The Kier molecular flexibility index (Phi) is 6.31. The highest BCUT2D eigenvalue weighted by Crippen LogP contribution is 2.10. The highest BCUT2D eigenvalue weighted by atomic mass is 16.7. The molecule has 3 nitrogen and oxygen atoms in total. The number of hydrogen-bond acceptors (Lipinski definition) is 3. The van der Waals surface area contributed by atoms with Crippen molar-refractivity contribution >= 4 is 0 Å². The zero-order valence-corrected chi connectivity index (χ0v) is 10.5. The highest BCUT2D eigenvalue weighted by molar-refractivity contribution is 5.23. The van der Waals surface area contributed by atoms with Crippen molar-refractivity contribution < 1.29 is 9.47 Å². The lowest BCUT2D eigenvalue weighted by molar-refractivity contribution is -0.135. The molecule has 0 saturated heterocycles. The Labute approximate surface area is 103 Å². The van der Waals surface area contributed by atoms with Crippen molar-refractivity contribution in [3.05, 3.63) is 35.4 Å². The first kappa shape index (κ1) is 13.7. The average Bonchev–Trinajstić information content (AvgIpc) is 2.36. The monoisotopic (exact) mass is 233 g/mol. The second kappa shape index (κ2) is 7.83. The summed E-state index contributed by atoms with van der Waals surface area (Å²) < 4.78 is 10.8. The maximum Gasteiger partial charge on any atom is 0.157 e. The Morgan fingerprint density at radius 1 is 1.24 bits per heavy atom. The topological polar surface area (TPSA) is 42.2 Å². The molecule has 0 aliphatic heterocycles. The van der Waals surface area contributed by atoms with Gasteiger partial charge in [-0.15, -0.1) is 0 Å². The Balaban J connectivity index is 2.43. The molecule has 0 aliphatic rings. The van der Waals surface area contributed by atoms with Gasteiger partial charge < -0.3 is 9.47 Å². The maximum atomic E-state index is 8.56. The number of hydrogen-bond donors (Lipinski definition) is 0. The molecule has 0 fully saturated rings. The van der Waals surface area contributed by atoms with Crippen LogP contribution in [0.25, 0.3) is 0 Å². The molecule has 92 valence electrons. The number of methoxy groups -OCH3 is 1.